The second-order valence-electron chi connectivity index (χ2n) is 4.02. The fraction of sp³-hybridized carbons (Fsp3) is 0. The second-order valence-corrected chi connectivity index (χ2v) is 7.51. The summed E-state index contributed by atoms with van der Waals surface area (Å²) in [4.78, 5) is 27.7. The number of amides is 1. The minimum absolute atomic E-state index is 0.0341. The number of nitrogens with zero attached hydrogens (tertiary/aromatic N) is 2. The van der Waals surface area contributed by atoms with E-state index in [0.717, 1.165) is 0 Å². The van der Waals surface area contributed by atoms with Crippen molar-refractivity contribution in [2.75, 3.05) is 5.32 Å². The van der Waals surface area contributed by atoms with Gasteiger partial charge in [0.2, 0.25) is 0 Å². The van der Waals surface area contributed by atoms with Gasteiger partial charge < -0.3 is 0 Å². The van der Waals surface area contributed by atoms with Crippen LogP contribution in [0, 0.1) is 10.1 Å². The molecular weight excluding hydrogens is 366 g/mol. The quantitative estimate of drug-likeness (QED) is 0.529. The van der Waals surface area contributed by atoms with Crippen molar-refractivity contribution in [3.05, 3.63) is 48.3 Å². The predicted octanol–water partition coefficient (Wildman–Crippen LogP) is 4.75. The van der Waals surface area contributed by atoms with Crippen molar-refractivity contribution < 1.29 is 9.72 Å². The number of nitro groups is 1. The van der Waals surface area contributed by atoms with Crippen molar-refractivity contribution in [2.24, 2.45) is 0 Å². The lowest BCUT2D eigenvalue weighted by molar-refractivity contribution is -0.384. The molecule has 0 unspecified atom stereocenters. The molecule has 1 N–H and O–H groups in total. The summed E-state index contributed by atoms with van der Waals surface area (Å²) in [5.41, 5.74) is 0.634. The van der Waals surface area contributed by atoms with Gasteiger partial charge in [0.05, 0.1) is 30.1 Å². The molecule has 0 spiro atoms. The highest BCUT2D eigenvalue weighted by atomic mass is 35.5. The summed E-state index contributed by atoms with van der Waals surface area (Å²) in [6.07, 6.45) is 0. The number of hydrogen-bond donors (Lipinski definition) is 1. The minimum Gasteiger partial charge on any atom is -0.297 e. The highest BCUT2D eigenvalue weighted by Gasteiger charge is 2.15. The van der Waals surface area contributed by atoms with Crippen LogP contribution in [-0.4, -0.2) is 15.8 Å². The molecule has 22 heavy (non-hydrogen) atoms. The topological polar surface area (TPSA) is 85.1 Å². The number of halogens is 1. The monoisotopic (exact) mass is 371 g/mol. The van der Waals surface area contributed by atoms with Crippen molar-refractivity contribution in [1.82, 2.24) is 4.98 Å². The first-order chi connectivity index (χ1) is 10.5. The van der Waals surface area contributed by atoms with Crippen molar-refractivity contribution in [1.29, 1.82) is 0 Å². The van der Waals surface area contributed by atoms with Crippen LogP contribution in [-0.2, 0) is 0 Å². The molecule has 112 valence electrons. The van der Waals surface area contributed by atoms with Crippen LogP contribution >= 0.6 is 45.6 Å². The lowest BCUT2D eigenvalue weighted by Crippen LogP contribution is -2.09. The molecule has 3 aromatic heterocycles. The number of anilines is 1. The number of aromatic nitrogens is 1. The van der Waals surface area contributed by atoms with Gasteiger partial charge in [0.15, 0.2) is 5.13 Å². The zero-order chi connectivity index (χ0) is 15.7. The van der Waals surface area contributed by atoms with Crippen LogP contribution < -0.4 is 5.32 Å². The maximum atomic E-state index is 12.0. The van der Waals surface area contributed by atoms with E-state index in [0.29, 0.717) is 24.9 Å². The van der Waals surface area contributed by atoms with Gasteiger partial charge in [-0.25, -0.2) is 4.98 Å². The standard InChI is InChI=1S/C12H6ClN3O3S3/c13-10-2-1-8(22-10)11(17)15-12-14-7(5-21-12)9-3-6(4-20-9)16(18)19/h1-5H,(H,14,15,17). The Morgan fingerprint density at radius 3 is 2.77 bits per heavy atom. The molecule has 0 aromatic carbocycles. The minimum atomic E-state index is -0.449. The smallest absolute Gasteiger partial charge is 0.280 e. The molecule has 0 aliphatic carbocycles. The zero-order valence-electron chi connectivity index (χ0n) is 10.6. The van der Waals surface area contributed by atoms with E-state index in [1.165, 1.54) is 45.5 Å². The van der Waals surface area contributed by atoms with Gasteiger partial charge >= 0.3 is 0 Å². The molecule has 0 aliphatic heterocycles. The van der Waals surface area contributed by atoms with Crippen molar-refractivity contribution >= 4 is 62.3 Å². The van der Waals surface area contributed by atoms with Crippen molar-refractivity contribution in [3.63, 3.8) is 0 Å². The van der Waals surface area contributed by atoms with E-state index in [-0.39, 0.29) is 11.6 Å². The first-order valence-corrected chi connectivity index (χ1v) is 8.74. The highest BCUT2D eigenvalue weighted by Crippen LogP contribution is 2.33. The molecular formula is C12H6ClN3O3S3. The van der Waals surface area contributed by atoms with Crippen molar-refractivity contribution in [2.45, 2.75) is 0 Å². The number of thiazole rings is 1. The average molecular weight is 372 g/mol. The Morgan fingerprint density at radius 2 is 2.14 bits per heavy atom. The van der Waals surface area contributed by atoms with Crippen LogP contribution in [0.25, 0.3) is 10.6 Å². The Kier molecular flexibility index (Phi) is 4.21. The van der Waals surface area contributed by atoms with E-state index >= 15 is 0 Å². The summed E-state index contributed by atoms with van der Waals surface area (Å²) >= 11 is 9.47. The Morgan fingerprint density at radius 1 is 1.32 bits per heavy atom. The van der Waals surface area contributed by atoms with E-state index in [4.69, 9.17) is 11.6 Å². The Bertz CT molecular complexity index is 855. The fourth-order valence-corrected chi connectivity index (χ4v) is 4.13. The fourth-order valence-electron chi connectivity index (χ4n) is 1.60. The van der Waals surface area contributed by atoms with E-state index in [9.17, 15) is 14.9 Å². The van der Waals surface area contributed by atoms with Crippen LogP contribution in [0.15, 0.2) is 29.0 Å². The molecule has 0 radical (unpaired) electrons. The van der Waals surface area contributed by atoms with Gasteiger partial charge in [-0.2, -0.15) is 0 Å². The molecule has 3 rings (SSSR count). The zero-order valence-corrected chi connectivity index (χ0v) is 13.8. The first-order valence-electron chi connectivity index (χ1n) is 5.78. The molecule has 0 bridgehead atoms. The number of nitrogens with one attached hydrogen (secondary N) is 1. The molecule has 0 aliphatic rings. The van der Waals surface area contributed by atoms with E-state index in [1.54, 1.807) is 17.5 Å². The summed E-state index contributed by atoms with van der Waals surface area (Å²) in [5, 5.41) is 17.0. The first kappa shape index (κ1) is 15.1. The molecule has 3 heterocycles. The number of rotatable bonds is 4. The average Bonchev–Trinajstić information content (AvgIpc) is 3.16. The number of carbonyl (C=O) groups excluding carboxylic acids is 1. The Balaban J connectivity index is 1.75. The summed E-state index contributed by atoms with van der Waals surface area (Å²) in [5.74, 6) is -0.282. The third-order valence-corrected chi connectivity index (χ3v) is 5.50. The number of hydrogen-bond acceptors (Lipinski definition) is 7. The van der Waals surface area contributed by atoms with Crippen LogP contribution in [0.4, 0.5) is 10.8 Å². The van der Waals surface area contributed by atoms with Crippen LogP contribution in [0.5, 0.6) is 0 Å². The van der Waals surface area contributed by atoms with Gasteiger partial charge in [-0.1, -0.05) is 11.6 Å². The molecule has 0 fully saturated rings. The predicted molar refractivity (Wildman–Crippen MR) is 89.4 cm³/mol. The number of carbonyl (C=O) groups is 1. The summed E-state index contributed by atoms with van der Waals surface area (Å²) < 4.78 is 0.538. The van der Waals surface area contributed by atoms with E-state index < -0.39 is 4.92 Å². The van der Waals surface area contributed by atoms with Gasteiger partial charge in [-0.3, -0.25) is 20.2 Å². The Labute approximate surface area is 141 Å². The third kappa shape index (κ3) is 3.17. The van der Waals surface area contributed by atoms with E-state index in [1.807, 2.05) is 0 Å². The largest absolute Gasteiger partial charge is 0.297 e. The lowest BCUT2D eigenvalue weighted by atomic mass is 10.4. The van der Waals surface area contributed by atoms with Crippen molar-refractivity contribution in [3.8, 4) is 10.6 Å². The van der Waals surface area contributed by atoms with Gasteiger partial charge in [0, 0.05) is 11.4 Å². The van der Waals surface area contributed by atoms with Crippen LogP contribution in [0.2, 0.25) is 4.34 Å². The van der Waals surface area contributed by atoms with Crippen LogP contribution in [0.1, 0.15) is 9.67 Å². The van der Waals surface area contributed by atoms with Gasteiger partial charge in [0.25, 0.3) is 11.6 Å². The van der Waals surface area contributed by atoms with E-state index in [2.05, 4.69) is 10.3 Å². The normalized spacial score (nSPS) is 10.6. The third-order valence-electron chi connectivity index (χ3n) is 2.57. The SMILES string of the molecule is O=C(Nc1nc(-c2cc([N+](=O)[O-])cs2)cs1)c1ccc(Cl)s1. The molecule has 1 amide bonds. The van der Waals surface area contributed by atoms with Gasteiger partial charge in [-0.05, 0) is 12.1 Å². The maximum Gasteiger partial charge on any atom is 0.280 e. The maximum absolute atomic E-state index is 12.0. The summed E-state index contributed by atoms with van der Waals surface area (Å²) in [6.45, 7) is 0. The number of thiophene rings is 2. The lowest BCUT2D eigenvalue weighted by Gasteiger charge is -1.97. The Hall–Kier alpha value is -1.81. The summed E-state index contributed by atoms with van der Waals surface area (Å²) in [6, 6.07) is 4.75. The molecule has 0 saturated carbocycles. The molecule has 6 nitrogen and oxygen atoms in total. The highest BCUT2D eigenvalue weighted by molar-refractivity contribution is 7.18. The molecule has 3 aromatic rings. The second kappa shape index (κ2) is 6.13. The molecule has 0 saturated heterocycles. The van der Waals surface area contributed by atoms with Crippen LogP contribution in [0.3, 0.4) is 0 Å². The van der Waals surface area contributed by atoms with Gasteiger partial charge in [-0.15, -0.1) is 34.0 Å². The summed E-state index contributed by atoms with van der Waals surface area (Å²) in [7, 11) is 0. The van der Waals surface area contributed by atoms with Gasteiger partial charge in [0.1, 0.15) is 0 Å². The molecule has 10 heteroatoms. The molecule has 0 atom stereocenters.